The Bertz CT molecular complexity index is 1430. The van der Waals surface area contributed by atoms with Crippen LogP contribution >= 0.6 is 11.3 Å². The van der Waals surface area contributed by atoms with Crippen LogP contribution in [0, 0.1) is 10.1 Å². The van der Waals surface area contributed by atoms with Crippen LogP contribution in [-0.2, 0) is 25.4 Å². The summed E-state index contributed by atoms with van der Waals surface area (Å²) < 4.78 is 4.21. The summed E-state index contributed by atoms with van der Waals surface area (Å²) >= 11 is 1.17. The van der Waals surface area contributed by atoms with E-state index in [2.05, 4.69) is 15.3 Å². The fourth-order valence-corrected chi connectivity index (χ4v) is 3.78. The number of rotatable bonds is 4. The van der Waals surface area contributed by atoms with Gasteiger partial charge in [0.25, 0.3) is 11.2 Å². The zero-order valence-electron chi connectivity index (χ0n) is 15.1. The minimum atomic E-state index is -0.555. The molecule has 0 saturated carbocycles. The van der Waals surface area contributed by atoms with Crippen LogP contribution in [0.2, 0.25) is 0 Å². The number of carbonyl (C=O) groups is 1. The molecule has 4 aromatic rings. The van der Waals surface area contributed by atoms with Gasteiger partial charge >= 0.3 is 5.69 Å². The molecule has 4 rings (SSSR count). The molecule has 0 radical (unpaired) electrons. The molecule has 29 heavy (non-hydrogen) atoms. The Balaban J connectivity index is 1.62. The number of imidazole rings is 1. The van der Waals surface area contributed by atoms with E-state index in [0.717, 1.165) is 4.57 Å². The molecule has 0 bridgehead atoms. The third kappa shape index (κ3) is 3.06. The van der Waals surface area contributed by atoms with Crippen LogP contribution in [0.3, 0.4) is 0 Å². The standard InChI is InChI=1S/C16H13N7O5S/c1-20-13-12(14(25)21(2)16(20)26)22(7-17-13)6-11(24)19-15-18-9-5-8(23(27)28)3-4-10(9)29-15/h3-5,7H,6H2,1-2H3,(H,18,19,24). The van der Waals surface area contributed by atoms with Gasteiger partial charge in [0.1, 0.15) is 6.54 Å². The first kappa shape index (κ1) is 18.5. The summed E-state index contributed by atoms with van der Waals surface area (Å²) in [5.74, 6) is -0.464. The first-order valence-corrected chi connectivity index (χ1v) is 9.03. The lowest BCUT2D eigenvalue weighted by molar-refractivity contribution is -0.384. The van der Waals surface area contributed by atoms with E-state index >= 15 is 0 Å². The molecular weight excluding hydrogens is 402 g/mol. The van der Waals surface area contributed by atoms with Gasteiger partial charge < -0.3 is 9.88 Å². The predicted molar refractivity (Wildman–Crippen MR) is 105 cm³/mol. The zero-order valence-corrected chi connectivity index (χ0v) is 16.0. The highest BCUT2D eigenvalue weighted by molar-refractivity contribution is 7.22. The normalized spacial score (nSPS) is 11.2. The Kier molecular flexibility index (Phi) is 4.23. The number of nitrogens with one attached hydrogen (secondary N) is 1. The number of aryl methyl sites for hydroxylation is 1. The van der Waals surface area contributed by atoms with Crippen molar-refractivity contribution in [3.05, 3.63) is 55.5 Å². The van der Waals surface area contributed by atoms with Gasteiger partial charge in [-0.25, -0.2) is 14.8 Å². The van der Waals surface area contributed by atoms with Gasteiger partial charge in [0, 0.05) is 26.2 Å². The second kappa shape index (κ2) is 6.63. The van der Waals surface area contributed by atoms with Crippen LogP contribution in [-0.4, -0.2) is 34.5 Å². The fraction of sp³-hybridized carbons (Fsp3) is 0.188. The van der Waals surface area contributed by atoms with Crippen LogP contribution in [0.4, 0.5) is 10.8 Å². The molecule has 3 aromatic heterocycles. The first-order chi connectivity index (χ1) is 13.8. The molecule has 0 spiro atoms. The van der Waals surface area contributed by atoms with Crippen LogP contribution in [0.25, 0.3) is 21.4 Å². The number of fused-ring (bicyclic) bond motifs is 2. The quantitative estimate of drug-likeness (QED) is 0.379. The Hall–Kier alpha value is -3.87. The van der Waals surface area contributed by atoms with Gasteiger partial charge in [-0.3, -0.25) is 28.8 Å². The lowest BCUT2D eigenvalue weighted by atomic mass is 10.3. The van der Waals surface area contributed by atoms with E-state index in [1.807, 2.05) is 0 Å². The average molecular weight is 415 g/mol. The third-order valence-electron chi connectivity index (χ3n) is 4.36. The van der Waals surface area contributed by atoms with Crippen LogP contribution in [0.1, 0.15) is 0 Å². The Morgan fingerprint density at radius 2 is 2.03 bits per heavy atom. The maximum Gasteiger partial charge on any atom is 0.332 e. The van der Waals surface area contributed by atoms with Crippen molar-refractivity contribution in [2.75, 3.05) is 5.32 Å². The molecule has 1 N–H and O–H groups in total. The topological polar surface area (TPSA) is 147 Å². The van der Waals surface area contributed by atoms with E-state index < -0.39 is 22.1 Å². The van der Waals surface area contributed by atoms with Crippen molar-refractivity contribution in [3.63, 3.8) is 0 Å². The highest BCUT2D eigenvalue weighted by atomic mass is 32.1. The molecule has 0 aliphatic heterocycles. The summed E-state index contributed by atoms with van der Waals surface area (Å²) in [6, 6.07) is 4.26. The monoisotopic (exact) mass is 415 g/mol. The molecule has 0 saturated heterocycles. The molecule has 1 aromatic carbocycles. The number of nitro groups is 1. The summed E-state index contributed by atoms with van der Waals surface area (Å²) in [7, 11) is 2.84. The van der Waals surface area contributed by atoms with Crippen molar-refractivity contribution in [1.82, 2.24) is 23.7 Å². The molecule has 0 unspecified atom stereocenters. The summed E-state index contributed by atoms with van der Waals surface area (Å²) in [5.41, 5.74) is -0.451. The number of aromatic nitrogens is 5. The van der Waals surface area contributed by atoms with E-state index in [9.17, 15) is 24.5 Å². The van der Waals surface area contributed by atoms with E-state index in [0.29, 0.717) is 10.2 Å². The minimum absolute atomic E-state index is 0.0907. The maximum atomic E-state index is 12.4. The smallest absolute Gasteiger partial charge is 0.315 e. The van der Waals surface area contributed by atoms with Crippen molar-refractivity contribution in [1.29, 1.82) is 0 Å². The molecule has 0 fully saturated rings. The summed E-state index contributed by atoms with van der Waals surface area (Å²) in [6.07, 6.45) is 1.31. The largest absolute Gasteiger partial charge is 0.332 e. The molecule has 12 nitrogen and oxygen atoms in total. The lowest BCUT2D eigenvalue weighted by Gasteiger charge is -2.06. The summed E-state index contributed by atoms with van der Waals surface area (Å²) in [4.78, 5) is 55.4. The second-order valence-electron chi connectivity index (χ2n) is 6.23. The number of hydrogen-bond donors (Lipinski definition) is 1. The molecule has 13 heteroatoms. The van der Waals surface area contributed by atoms with E-state index in [4.69, 9.17) is 0 Å². The SMILES string of the molecule is Cn1c(=O)c2c(ncn2CC(=O)Nc2nc3cc([N+](=O)[O-])ccc3s2)n(C)c1=O. The summed E-state index contributed by atoms with van der Waals surface area (Å²) in [5, 5.41) is 13.8. The van der Waals surface area contributed by atoms with Crippen molar-refractivity contribution < 1.29 is 9.72 Å². The predicted octanol–water partition coefficient (Wildman–Crippen LogP) is 0.590. The van der Waals surface area contributed by atoms with E-state index in [1.54, 1.807) is 6.07 Å². The molecule has 0 aliphatic rings. The highest BCUT2D eigenvalue weighted by Crippen LogP contribution is 2.28. The van der Waals surface area contributed by atoms with Gasteiger partial charge in [0.05, 0.1) is 21.5 Å². The number of amides is 1. The van der Waals surface area contributed by atoms with Crippen LogP contribution in [0.15, 0.2) is 34.1 Å². The molecular formula is C16H13N7O5S. The van der Waals surface area contributed by atoms with Gasteiger partial charge in [-0.15, -0.1) is 0 Å². The van der Waals surface area contributed by atoms with E-state index in [1.165, 1.54) is 53.0 Å². The number of nitrogens with zero attached hydrogens (tertiary/aromatic N) is 6. The van der Waals surface area contributed by atoms with Crippen LogP contribution < -0.4 is 16.6 Å². The van der Waals surface area contributed by atoms with Crippen LogP contribution in [0.5, 0.6) is 0 Å². The summed E-state index contributed by atoms with van der Waals surface area (Å²) in [6.45, 7) is -0.222. The lowest BCUT2D eigenvalue weighted by Crippen LogP contribution is -2.37. The number of non-ortho nitro benzene ring substituents is 1. The number of nitro benzene ring substituents is 1. The van der Waals surface area contributed by atoms with Gasteiger partial charge in [0.15, 0.2) is 16.3 Å². The molecule has 0 atom stereocenters. The van der Waals surface area contributed by atoms with Crippen molar-refractivity contribution in [2.45, 2.75) is 6.54 Å². The van der Waals surface area contributed by atoms with Crippen molar-refractivity contribution in [2.24, 2.45) is 14.1 Å². The molecule has 1 amide bonds. The average Bonchev–Trinajstić information content (AvgIpc) is 3.27. The molecule has 3 heterocycles. The molecule has 0 aliphatic carbocycles. The second-order valence-corrected chi connectivity index (χ2v) is 7.26. The number of benzene rings is 1. The Labute approximate surface area is 164 Å². The van der Waals surface area contributed by atoms with Crippen molar-refractivity contribution >= 4 is 49.4 Å². The Morgan fingerprint density at radius 1 is 1.28 bits per heavy atom. The highest BCUT2D eigenvalue weighted by Gasteiger charge is 2.17. The first-order valence-electron chi connectivity index (χ1n) is 8.22. The zero-order chi connectivity index (χ0) is 20.9. The van der Waals surface area contributed by atoms with E-state index in [-0.39, 0.29) is 28.5 Å². The van der Waals surface area contributed by atoms with Gasteiger partial charge in [-0.2, -0.15) is 0 Å². The number of anilines is 1. The number of hydrogen-bond acceptors (Lipinski definition) is 8. The van der Waals surface area contributed by atoms with Crippen molar-refractivity contribution in [3.8, 4) is 0 Å². The molecule has 148 valence electrons. The maximum absolute atomic E-state index is 12.4. The minimum Gasteiger partial charge on any atom is -0.315 e. The third-order valence-corrected chi connectivity index (χ3v) is 5.31. The van der Waals surface area contributed by atoms with Gasteiger partial charge in [-0.1, -0.05) is 11.3 Å². The number of thiazole rings is 1. The Morgan fingerprint density at radius 3 is 2.76 bits per heavy atom. The van der Waals surface area contributed by atoms with Gasteiger partial charge in [0.2, 0.25) is 5.91 Å². The number of carbonyl (C=O) groups excluding carboxylic acids is 1. The fourth-order valence-electron chi connectivity index (χ4n) is 2.91. The van der Waals surface area contributed by atoms with Gasteiger partial charge in [-0.05, 0) is 6.07 Å².